The number of ether oxygens (including phenoxy) is 1. The smallest absolute Gasteiger partial charge is 0.254 e. The van der Waals surface area contributed by atoms with Crippen LogP contribution in [-0.4, -0.2) is 85.5 Å². The molecule has 0 aromatic heterocycles. The Morgan fingerprint density at radius 3 is 2.58 bits per heavy atom. The van der Waals surface area contributed by atoms with E-state index in [2.05, 4.69) is 4.90 Å². The van der Waals surface area contributed by atoms with Crippen molar-refractivity contribution in [2.45, 2.75) is 26.3 Å². The van der Waals surface area contributed by atoms with E-state index in [0.29, 0.717) is 26.2 Å². The number of rotatable bonds is 5. The van der Waals surface area contributed by atoms with Gasteiger partial charge >= 0.3 is 0 Å². The number of hydrogen-bond donors (Lipinski definition) is 0. The molecule has 1 aromatic carbocycles. The van der Waals surface area contributed by atoms with Gasteiger partial charge in [-0.05, 0) is 31.9 Å². The van der Waals surface area contributed by atoms with E-state index in [4.69, 9.17) is 4.74 Å². The molecule has 1 aromatic rings. The first kappa shape index (κ1) is 18.9. The van der Waals surface area contributed by atoms with E-state index in [1.54, 1.807) is 7.11 Å². The zero-order valence-corrected chi connectivity index (χ0v) is 16.0. The second-order valence-electron chi connectivity index (χ2n) is 7.27. The highest BCUT2D eigenvalue weighted by atomic mass is 16.5. The number of carbonyl (C=O) groups is 2. The Bertz CT molecular complexity index is 668. The number of methoxy groups -OCH3 is 1. The lowest BCUT2D eigenvalue weighted by atomic mass is 10.0. The third-order valence-corrected chi connectivity index (χ3v) is 5.50. The molecule has 1 unspecified atom stereocenters. The van der Waals surface area contributed by atoms with Crippen molar-refractivity contribution in [2.24, 2.45) is 0 Å². The van der Waals surface area contributed by atoms with Crippen LogP contribution < -0.4 is 0 Å². The van der Waals surface area contributed by atoms with Crippen LogP contribution in [0.4, 0.5) is 0 Å². The quantitative estimate of drug-likeness (QED) is 0.795. The predicted molar refractivity (Wildman–Crippen MR) is 100 cm³/mol. The highest BCUT2D eigenvalue weighted by Crippen LogP contribution is 2.20. The van der Waals surface area contributed by atoms with Gasteiger partial charge in [0.1, 0.15) is 0 Å². The van der Waals surface area contributed by atoms with Crippen molar-refractivity contribution < 1.29 is 14.3 Å². The van der Waals surface area contributed by atoms with Gasteiger partial charge in [0.15, 0.2) is 0 Å². The average molecular weight is 359 g/mol. The molecule has 0 saturated carbocycles. The highest BCUT2D eigenvalue weighted by molar-refractivity contribution is 5.96. The van der Waals surface area contributed by atoms with Gasteiger partial charge in [0, 0.05) is 51.9 Å². The molecule has 2 fully saturated rings. The molecule has 0 radical (unpaired) electrons. The van der Waals surface area contributed by atoms with E-state index in [9.17, 15) is 9.59 Å². The van der Waals surface area contributed by atoms with Gasteiger partial charge in [-0.25, -0.2) is 0 Å². The van der Waals surface area contributed by atoms with E-state index in [-0.39, 0.29) is 17.9 Å². The van der Waals surface area contributed by atoms with E-state index in [0.717, 1.165) is 42.7 Å². The van der Waals surface area contributed by atoms with E-state index >= 15 is 0 Å². The molecule has 142 valence electrons. The zero-order chi connectivity index (χ0) is 18.7. The summed E-state index contributed by atoms with van der Waals surface area (Å²) < 4.78 is 5.08. The maximum absolute atomic E-state index is 12.9. The SMILES string of the molecule is COCCN1CCC(N2CCN(C(=O)c3cc(C)ccc3C)CC2)C1=O. The summed E-state index contributed by atoms with van der Waals surface area (Å²) in [5, 5.41) is 0. The number of piperazine rings is 1. The molecule has 2 aliphatic heterocycles. The van der Waals surface area contributed by atoms with Crippen molar-refractivity contribution in [3.63, 3.8) is 0 Å². The molecule has 6 nitrogen and oxygen atoms in total. The first-order valence-electron chi connectivity index (χ1n) is 9.39. The van der Waals surface area contributed by atoms with Crippen molar-refractivity contribution in [3.8, 4) is 0 Å². The lowest BCUT2D eigenvalue weighted by Crippen LogP contribution is -2.54. The van der Waals surface area contributed by atoms with Crippen LogP contribution in [0.3, 0.4) is 0 Å². The zero-order valence-electron chi connectivity index (χ0n) is 16.0. The van der Waals surface area contributed by atoms with Crippen molar-refractivity contribution in [1.82, 2.24) is 14.7 Å². The van der Waals surface area contributed by atoms with Crippen molar-refractivity contribution in [2.75, 3.05) is 53.0 Å². The Hall–Kier alpha value is -1.92. The second kappa shape index (κ2) is 8.18. The number of benzene rings is 1. The summed E-state index contributed by atoms with van der Waals surface area (Å²) in [4.78, 5) is 31.5. The molecule has 2 aliphatic rings. The standard InChI is InChI=1S/C20H29N3O3/c1-15-4-5-16(2)17(14-15)19(24)23-10-8-21(9-11-23)18-6-7-22(20(18)25)12-13-26-3/h4-5,14,18H,6-13H2,1-3H3. The number of nitrogens with zero attached hydrogens (tertiary/aromatic N) is 3. The first-order chi connectivity index (χ1) is 12.5. The Morgan fingerprint density at radius 1 is 1.15 bits per heavy atom. The first-order valence-corrected chi connectivity index (χ1v) is 9.39. The van der Waals surface area contributed by atoms with E-state index in [1.165, 1.54) is 0 Å². The molecular weight excluding hydrogens is 330 g/mol. The fourth-order valence-corrected chi connectivity index (χ4v) is 3.86. The van der Waals surface area contributed by atoms with Gasteiger partial charge in [-0.1, -0.05) is 17.7 Å². The maximum Gasteiger partial charge on any atom is 0.254 e. The summed E-state index contributed by atoms with van der Waals surface area (Å²) in [6.07, 6.45) is 0.869. The maximum atomic E-state index is 12.9. The minimum Gasteiger partial charge on any atom is -0.383 e. The lowest BCUT2D eigenvalue weighted by Gasteiger charge is -2.37. The fraction of sp³-hybridized carbons (Fsp3) is 0.600. The van der Waals surface area contributed by atoms with Crippen molar-refractivity contribution >= 4 is 11.8 Å². The molecule has 2 amide bonds. The van der Waals surface area contributed by atoms with Crippen LogP contribution in [0, 0.1) is 13.8 Å². The average Bonchev–Trinajstić information content (AvgIpc) is 3.02. The summed E-state index contributed by atoms with van der Waals surface area (Å²) in [5.41, 5.74) is 2.91. The van der Waals surface area contributed by atoms with Crippen LogP contribution in [-0.2, 0) is 9.53 Å². The Labute approximate surface area is 155 Å². The number of carbonyl (C=O) groups excluding carboxylic acids is 2. The van der Waals surface area contributed by atoms with Crippen LogP contribution in [0.1, 0.15) is 27.9 Å². The van der Waals surface area contributed by atoms with Gasteiger partial charge in [-0.2, -0.15) is 0 Å². The topological polar surface area (TPSA) is 53.1 Å². The number of hydrogen-bond acceptors (Lipinski definition) is 4. The van der Waals surface area contributed by atoms with Crippen LogP contribution >= 0.6 is 0 Å². The second-order valence-corrected chi connectivity index (χ2v) is 7.27. The molecule has 0 N–H and O–H groups in total. The third kappa shape index (κ3) is 3.91. The molecule has 3 rings (SSSR count). The molecule has 1 atom stereocenters. The van der Waals surface area contributed by atoms with E-state index in [1.807, 2.05) is 41.8 Å². The van der Waals surface area contributed by atoms with Crippen molar-refractivity contribution in [1.29, 1.82) is 0 Å². The van der Waals surface area contributed by atoms with Gasteiger partial charge in [-0.15, -0.1) is 0 Å². The van der Waals surface area contributed by atoms with Crippen LogP contribution in [0.5, 0.6) is 0 Å². The van der Waals surface area contributed by atoms with Crippen molar-refractivity contribution in [3.05, 3.63) is 34.9 Å². The minimum atomic E-state index is -0.0372. The Morgan fingerprint density at radius 2 is 1.88 bits per heavy atom. The molecule has 26 heavy (non-hydrogen) atoms. The van der Waals surface area contributed by atoms with Crippen LogP contribution in [0.2, 0.25) is 0 Å². The molecule has 0 bridgehead atoms. The summed E-state index contributed by atoms with van der Waals surface area (Å²) in [5.74, 6) is 0.307. The summed E-state index contributed by atoms with van der Waals surface area (Å²) >= 11 is 0. The van der Waals surface area contributed by atoms with Crippen LogP contribution in [0.25, 0.3) is 0 Å². The van der Waals surface area contributed by atoms with Crippen LogP contribution in [0.15, 0.2) is 18.2 Å². The highest BCUT2D eigenvalue weighted by Gasteiger charge is 2.37. The Balaban J connectivity index is 1.57. The summed E-state index contributed by atoms with van der Waals surface area (Å²) in [6, 6.07) is 5.97. The minimum absolute atomic E-state index is 0.0372. The van der Waals surface area contributed by atoms with Gasteiger partial charge in [0.25, 0.3) is 5.91 Å². The number of amides is 2. The number of likely N-dealkylation sites (tertiary alicyclic amines) is 1. The number of aryl methyl sites for hydroxylation is 2. The Kier molecular flexibility index (Phi) is 5.94. The predicted octanol–water partition coefficient (Wildman–Crippen LogP) is 1.31. The molecule has 2 heterocycles. The summed E-state index contributed by atoms with van der Waals surface area (Å²) in [7, 11) is 1.66. The fourth-order valence-electron chi connectivity index (χ4n) is 3.86. The molecule has 2 saturated heterocycles. The molecular formula is C20H29N3O3. The summed E-state index contributed by atoms with van der Waals surface area (Å²) in [6.45, 7) is 8.89. The van der Waals surface area contributed by atoms with E-state index < -0.39 is 0 Å². The lowest BCUT2D eigenvalue weighted by molar-refractivity contribution is -0.133. The molecule has 0 aliphatic carbocycles. The van der Waals surface area contributed by atoms with Gasteiger partial charge in [0.05, 0.1) is 12.6 Å². The monoisotopic (exact) mass is 359 g/mol. The van der Waals surface area contributed by atoms with Gasteiger partial charge in [0.2, 0.25) is 5.91 Å². The normalized spacial score (nSPS) is 21.5. The molecule has 6 heteroatoms. The van der Waals surface area contributed by atoms with Gasteiger partial charge < -0.3 is 14.5 Å². The largest absolute Gasteiger partial charge is 0.383 e. The third-order valence-electron chi connectivity index (χ3n) is 5.50. The van der Waals surface area contributed by atoms with Gasteiger partial charge in [-0.3, -0.25) is 14.5 Å². The molecule has 0 spiro atoms.